The van der Waals surface area contributed by atoms with Gasteiger partial charge in [-0.15, -0.1) is 16.4 Å². The van der Waals surface area contributed by atoms with Gasteiger partial charge in [-0.3, -0.25) is 0 Å². The van der Waals surface area contributed by atoms with Gasteiger partial charge in [-0.2, -0.15) is 4.39 Å². The fourth-order valence-electron chi connectivity index (χ4n) is 2.36. The molecule has 0 atom stereocenters. The highest BCUT2D eigenvalue weighted by Gasteiger charge is 2.12. The fourth-order valence-corrected chi connectivity index (χ4v) is 3.08. The number of nitrogens with zero attached hydrogens (tertiary/aromatic N) is 4. The highest BCUT2D eigenvalue weighted by Crippen LogP contribution is 2.29. The maximum atomic E-state index is 13.4. The van der Waals surface area contributed by atoms with E-state index in [2.05, 4.69) is 20.4 Å². The summed E-state index contributed by atoms with van der Waals surface area (Å²) in [4.78, 5) is 8.76. The van der Waals surface area contributed by atoms with Gasteiger partial charge in [0.25, 0.3) is 0 Å². The number of nitrogen functional groups attached to an aromatic ring is 1. The zero-order valence-electron chi connectivity index (χ0n) is 12.7. The van der Waals surface area contributed by atoms with E-state index in [1.807, 2.05) is 30.5 Å². The Kier molecular flexibility index (Phi) is 3.39. The van der Waals surface area contributed by atoms with Crippen LogP contribution in [0.5, 0.6) is 0 Å². The molecule has 0 saturated heterocycles. The molecule has 6 nitrogen and oxygen atoms in total. The summed E-state index contributed by atoms with van der Waals surface area (Å²) < 4.78 is 14.8. The molecule has 8 heteroatoms. The number of imidazole rings is 1. The summed E-state index contributed by atoms with van der Waals surface area (Å²) in [7, 11) is 0. The third kappa shape index (κ3) is 2.56. The minimum atomic E-state index is -0.564. The SMILES string of the molecule is Cc1ccc(N)cc1Nc1nc(-c2cnc3ccc(F)nn23)cs1. The molecule has 3 aromatic heterocycles. The van der Waals surface area contributed by atoms with Crippen molar-refractivity contribution >= 4 is 33.5 Å². The zero-order chi connectivity index (χ0) is 16.7. The molecule has 3 N–H and O–H groups in total. The van der Waals surface area contributed by atoms with E-state index in [0.29, 0.717) is 27.9 Å². The van der Waals surface area contributed by atoms with E-state index in [1.54, 1.807) is 12.3 Å². The van der Waals surface area contributed by atoms with Gasteiger partial charge in [0.2, 0.25) is 5.95 Å². The Labute approximate surface area is 140 Å². The highest BCUT2D eigenvalue weighted by molar-refractivity contribution is 7.14. The first kappa shape index (κ1) is 14.6. The van der Waals surface area contributed by atoms with E-state index in [9.17, 15) is 4.39 Å². The van der Waals surface area contributed by atoms with Crippen molar-refractivity contribution in [1.82, 2.24) is 19.6 Å². The van der Waals surface area contributed by atoms with Crippen LogP contribution in [0.1, 0.15) is 5.56 Å². The molecular formula is C16H13FN6S. The molecule has 0 radical (unpaired) electrons. The van der Waals surface area contributed by atoms with Crippen LogP contribution in [0.4, 0.5) is 20.9 Å². The van der Waals surface area contributed by atoms with Crippen LogP contribution in [-0.2, 0) is 0 Å². The van der Waals surface area contributed by atoms with Crippen molar-refractivity contribution in [2.45, 2.75) is 6.92 Å². The number of rotatable bonds is 3. The second kappa shape index (κ2) is 5.57. The maximum absolute atomic E-state index is 13.4. The number of halogens is 1. The molecule has 4 rings (SSSR count). The van der Waals surface area contributed by atoms with Gasteiger partial charge in [-0.25, -0.2) is 14.5 Å². The van der Waals surface area contributed by atoms with Gasteiger partial charge in [0.15, 0.2) is 10.8 Å². The normalized spacial score (nSPS) is 11.1. The predicted molar refractivity (Wildman–Crippen MR) is 92.9 cm³/mol. The van der Waals surface area contributed by atoms with Gasteiger partial charge in [-0.05, 0) is 36.8 Å². The van der Waals surface area contributed by atoms with Crippen LogP contribution in [0.3, 0.4) is 0 Å². The molecule has 0 bridgehead atoms. The van der Waals surface area contributed by atoms with E-state index < -0.39 is 5.95 Å². The van der Waals surface area contributed by atoms with Crippen molar-refractivity contribution in [3.63, 3.8) is 0 Å². The number of anilines is 3. The van der Waals surface area contributed by atoms with Crippen molar-refractivity contribution < 1.29 is 4.39 Å². The molecule has 0 amide bonds. The number of nitrogens with one attached hydrogen (secondary N) is 1. The minimum absolute atomic E-state index is 0.564. The van der Waals surface area contributed by atoms with Crippen LogP contribution >= 0.6 is 11.3 Å². The molecule has 0 saturated carbocycles. The Bertz CT molecular complexity index is 1040. The quantitative estimate of drug-likeness (QED) is 0.557. The van der Waals surface area contributed by atoms with Crippen LogP contribution in [0, 0.1) is 12.9 Å². The number of fused-ring (bicyclic) bond motifs is 1. The topological polar surface area (TPSA) is 81.1 Å². The molecule has 3 heterocycles. The Morgan fingerprint density at radius 2 is 2.12 bits per heavy atom. The number of aryl methyl sites for hydroxylation is 1. The first-order valence-electron chi connectivity index (χ1n) is 7.19. The Morgan fingerprint density at radius 3 is 3.00 bits per heavy atom. The summed E-state index contributed by atoms with van der Waals surface area (Å²) >= 11 is 1.44. The molecule has 1 aromatic carbocycles. The molecule has 120 valence electrons. The van der Waals surface area contributed by atoms with E-state index in [0.717, 1.165) is 11.3 Å². The molecule has 0 aliphatic carbocycles. The molecule has 4 aromatic rings. The Morgan fingerprint density at radius 1 is 1.25 bits per heavy atom. The van der Waals surface area contributed by atoms with Crippen molar-refractivity contribution in [2.24, 2.45) is 0 Å². The van der Waals surface area contributed by atoms with Crippen molar-refractivity contribution in [2.75, 3.05) is 11.1 Å². The fraction of sp³-hybridized carbons (Fsp3) is 0.0625. The lowest BCUT2D eigenvalue weighted by Gasteiger charge is -2.07. The van der Waals surface area contributed by atoms with Gasteiger partial charge in [0.05, 0.1) is 6.20 Å². The first-order valence-corrected chi connectivity index (χ1v) is 8.07. The maximum Gasteiger partial charge on any atom is 0.231 e. The van der Waals surface area contributed by atoms with Gasteiger partial charge >= 0.3 is 0 Å². The van der Waals surface area contributed by atoms with E-state index in [-0.39, 0.29) is 0 Å². The molecule has 0 fully saturated rings. The smallest absolute Gasteiger partial charge is 0.231 e. The number of hydrogen-bond donors (Lipinski definition) is 2. The lowest BCUT2D eigenvalue weighted by molar-refractivity contribution is 0.556. The van der Waals surface area contributed by atoms with E-state index in [4.69, 9.17) is 5.73 Å². The number of hydrogen-bond acceptors (Lipinski definition) is 6. The summed E-state index contributed by atoms with van der Waals surface area (Å²) in [6.07, 6.45) is 1.63. The summed E-state index contributed by atoms with van der Waals surface area (Å²) in [5, 5.41) is 9.69. The minimum Gasteiger partial charge on any atom is -0.399 e. The first-order chi connectivity index (χ1) is 11.6. The number of benzene rings is 1. The Hall–Kier alpha value is -3.00. The Balaban J connectivity index is 1.69. The molecule has 0 aliphatic heterocycles. The standard InChI is InChI=1S/C16H13FN6S/c1-9-2-3-10(18)6-11(9)20-16-21-12(8-24-16)13-7-19-15-5-4-14(17)22-23(13)15/h2-8H,18H2,1H3,(H,20,21). The van der Waals surface area contributed by atoms with Crippen molar-refractivity contribution in [1.29, 1.82) is 0 Å². The van der Waals surface area contributed by atoms with Gasteiger partial charge in [0, 0.05) is 16.8 Å². The average Bonchev–Trinajstić information content (AvgIpc) is 3.17. The summed E-state index contributed by atoms with van der Waals surface area (Å²) in [5.74, 6) is -0.564. The largest absolute Gasteiger partial charge is 0.399 e. The molecular weight excluding hydrogens is 327 g/mol. The van der Waals surface area contributed by atoms with Gasteiger partial charge in [0.1, 0.15) is 11.4 Å². The third-order valence-electron chi connectivity index (χ3n) is 3.60. The predicted octanol–water partition coefficient (Wildman–Crippen LogP) is 3.63. The van der Waals surface area contributed by atoms with Gasteiger partial charge in [-0.1, -0.05) is 6.07 Å². The molecule has 0 unspecified atom stereocenters. The van der Waals surface area contributed by atoms with E-state index >= 15 is 0 Å². The molecule has 24 heavy (non-hydrogen) atoms. The number of nitrogens with two attached hydrogens (primary N) is 1. The monoisotopic (exact) mass is 340 g/mol. The summed E-state index contributed by atoms with van der Waals surface area (Å²) in [6, 6.07) is 8.52. The van der Waals surface area contributed by atoms with Crippen molar-refractivity contribution in [3.8, 4) is 11.4 Å². The third-order valence-corrected chi connectivity index (χ3v) is 4.36. The van der Waals surface area contributed by atoms with Crippen molar-refractivity contribution in [3.05, 3.63) is 53.4 Å². The second-order valence-electron chi connectivity index (χ2n) is 5.31. The van der Waals surface area contributed by atoms with Crippen LogP contribution in [0.15, 0.2) is 41.9 Å². The summed E-state index contributed by atoms with van der Waals surface area (Å²) in [5.41, 5.74) is 10.4. The number of aromatic nitrogens is 4. The van der Waals surface area contributed by atoms with Crippen LogP contribution in [-0.4, -0.2) is 19.6 Å². The zero-order valence-corrected chi connectivity index (χ0v) is 13.5. The van der Waals surface area contributed by atoms with Crippen LogP contribution in [0.2, 0.25) is 0 Å². The van der Waals surface area contributed by atoms with Crippen LogP contribution < -0.4 is 11.1 Å². The van der Waals surface area contributed by atoms with Crippen LogP contribution in [0.25, 0.3) is 17.0 Å². The van der Waals surface area contributed by atoms with Gasteiger partial charge < -0.3 is 11.1 Å². The van der Waals surface area contributed by atoms with E-state index in [1.165, 1.54) is 21.9 Å². The molecule has 0 spiro atoms. The lowest BCUT2D eigenvalue weighted by Crippen LogP contribution is -1.97. The highest BCUT2D eigenvalue weighted by atomic mass is 32.1. The second-order valence-corrected chi connectivity index (χ2v) is 6.16. The lowest BCUT2D eigenvalue weighted by atomic mass is 10.2. The average molecular weight is 340 g/mol. The molecule has 0 aliphatic rings. The summed E-state index contributed by atoms with van der Waals surface area (Å²) in [6.45, 7) is 1.99. The number of thiazole rings is 1.